The maximum atomic E-state index is 5.21. The normalized spacial score (nSPS) is 13.3. The van der Waals surface area contributed by atoms with Crippen LogP contribution in [0.3, 0.4) is 0 Å². The van der Waals surface area contributed by atoms with Gasteiger partial charge in [-0.15, -0.1) is 0 Å². The zero-order valence-corrected chi connectivity index (χ0v) is 23.9. The summed E-state index contributed by atoms with van der Waals surface area (Å²) in [5.74, 6) is 1.90. The van der Waals surface area contributed by atoms with Crippen molar-refractivity contribution in [2.45, 2.75) is 12.8 Å². The van der Waals surface area contributed by atoms with Gasteiger partial charge in [0.15, 0.2) is 17.5 Å². The fraction of sp³-hybridized carbons (Fsp3) is 0.0500. The minimum absolute atomic E-state index is 0.575. The summed E-state index contributed by atoms with van der Waals surface area (Å²) in [6, 6.07) is 40.7. The molecule has 0 saturated carbocycles. The van der Waals surface area contributed by atoms with Crippen LogP contribution in [-0.4, -0.2) is 19.9 Å². The Morgan fingerprint density at radius 1 is 0.409 bits per heavy atom. The lowest BCUT2D eigenvalue weighted by Crippen LogP contribution is -2.04. The van der Waals surface area contributed by atoms with Gasteiger partial charge in [-0.1, -0.05) is 127 Å². The smallest absolute Gasteiger partial charge is 0.182 e. The Kier molecular flexibility index (Phi) is 5.60. The molecule has 0 radical (unpaired) electrons. The summed E-state index contributed by atoms with van der Waals surface area (Å²) >= 11 is 0. The van der Waals surface area contributed by atoms with Crippen LogP contribution in [0.25, 0.3) is 82.5 Å². The molecule has 0 saturated heterocycles. The Morgan fingerprint density at radius 3 is 1.82 bits per heavy atom. The average molecular weight is 563 g/mol. The van der Waals surface area contributed by atoms with Crippen LogP contribution >= 0.6 is 0 Å². The molecular weight excluding hydrogens is 536 g/mol. The van der Waals surface area contributed by atoms with Crippen LogP contribution in [0.1, 0.15) is 18.7 Å². The Balaban J connectivity index is 1.25. The fourth-order valence-electron chi connectivity index (χ4n) is 6.55. The summed E-state index contributed by atoms with van der Waals surface area (Å²) in [5.41, 5.74) is 3.65. The van der Waals surface area contributed by atoms with Crippen LogP contribution in [0, 0.1) is 0 Å². The molecule has 1 aliphatic rings. The molecule has 4 heteroatoms. The van der Waals surface area contributed by atoms with E-state index in [1.165, 1.54) is 37.7 Å². The largest absolute Gasteiger partial charge is 0.244 e. The number of fused-ring (bicyclic) bond motifs is 9. The van der Waals surface area contributed by atoms with Crippen LogP contribution in [0.4, 0.5) is 0 Å². The first-order chi connectivity index (χ1) is 21.8. The third-order valence-electron chi connectivity index (χ3n) is 8.73. The van der Waals surface area contributed by atoms with Crippen LogP contribution < -0.4 is 0 Å². The standard InChI is InChI=1S/C40H26N4/c1-3-10-27(11-4-1)38-42-39(28-12-5-2-6-13-28)44-40(43-38)36-24-17-26-16-19-34-33-21-20-30-29-14-8-7-9-25(29)15-18-31(30)32(33)22-23-35(34)37(26)41-36/h1,3-5,7-24H,2,6H2. The van der Waals surface area contributed by atoms with Gasteiger partial charge < -0.3 is 0 Å². The zero-order chi connectivity index (χ0) is 29.0. The Morgan fingerprint density at radius 2 is 1.02 bits per heavy atom. The molecular formula is C40H26N4. The summed E-state index contributed by atoms with van der Waals surface area (Å²) in [7, 11) is 0. The highest BCUT2D eigenvalue weighted by Crippen LogP contribution is 2.37. The number of pyridine rings is 1. The molecule has 0 bridgehead atoms. The summed E-state index contributed by atoms with van der Waals surface area (Å²) in [5, 5.41) is 11.0. The van der Waals surface area contributed by atoms with Gasteiger partial charge in [0, 0.05) is 21.9 Å². The molecule has 4 nitrogen and oxygen atoms in total. The van der Waals surface area contributed by atoms with E-state index in [1.807, 2.05) is 36.4 Å². The third-order valence-corrected chi connectivity index (χ3v) is 8.73. The summed E-state index contributed by atoms with van der Waals surface area (Å²) in [4.78, 5) is 20.0. The monoisotopic (exact) mass is 562 g/mol. The van der Waals surface area contributed by atoms with E-state index in [-0.39, 0.29) is 0 Å². The second-order valence-corrected chi connectivity index (χ2v) is 11.3. The highest BCUT2D eigenvalue weighted by Gasteiger charge is 2.16. The topological polar surface area (TPSA) is 51.6 Å². The molecule has 0 unspecified atom stereocenters. The summed E-state index contributed by atoms with van der Waals surface area (Å²) in [6.45, 7) is 0. The Hall–Kier alpha value is -5.74. The van der Waals surface area contributed by atoms with E-state index in [0.717, 1.165) is 46.0 Å². The lowest BCUT2D eigenvalue weighted by molar-refractivity contribution is 1.00. The molecule has 2 heterocycles. The molecule has 9 rings (SSSR count). The van der Waals surface area contributed by atoms with Crippen molar-refractivity contribution in [3.63, 3.8) is 0 Å². The predicted molar refractivity (Wildman–Crippen MR) is 182 cm³/mol. The number of benzene rings is 6. The van der Waals surface area contributed by atoms with Crippen LogP contribution in [-0.2, 0) is 0 Å². The molecule has 1 aliphatic carbocycles. The number of rotatable bonds is 3. The number of allylic oxidation sites excluding steroid dienone is 4. The van der Waals surface area contributed by atoms with E-state index in [9.17, 15) is 0 Å². The van der Waals surface area contributed by atoms with Crippen molar-refractivity contribution in [2.75, 3.05) is 0 Å². The third kappa shape index (κ3) is 3.99. The molecule has 206 valence electrons. The minimum atomic E-state index is 0.575. The first-order valence-corrected chi connectivity index (χ1v) is 15.1. The molecule has 44 heavy (non-hydrogen) atoms. The van der Waals surface area contributed by atoms with Gasteiger partial charge in [-0.2, -0.15) is 0 Å². The van der Waals surface area contributed by atoms with Gasteiger partial charge >= 0.3 is 0 Å². The van der Waals surface area contributed by atoms with E-state index < -0.39 is 0 Å². The molecule has 0 atom stereocenters. The van der Waals surface area contributed by atoms with E-state index >= 15 is 0 Å². The SMILES string of the molecule is C1=CC(c2nc(-c3ccccc3)nc(-c3ccc4ccc5c6ccc7c8ccccc8ccc7c6ccc5c4n3)n2)=CCC1. The van der Waals surface area contributed by atoms with E-state index in [1.54, 1.807) is 0 Å². The van der Waals surface area contributed by atoms with Crippen molar-refractivity contribution < 1.29 is 0 Å². The molecule has 0 fully saturated rings. The lowest BCUT2D eigenvalue weighted by Gasteiger charge is -2.12. The number of nitrogens with zero attached hydrogens (tertiary/aromatic N) is 4. The number of aromatic nitrogens is 4. The predicted octanol–water partition coefficient (Wildman–Crippen LogP) is 10.1. The van der Waals surface area contributed by atoms with E-state index in [0.29, 0.717) is 17.5 Å². The van der Waals surface area contributed by atoms with Crippen molar-refractivity contribution in [1.82, 2.24) is 19.9 Å². The molecule has 0 N–H and O–H groups in total. The second kappa shape index (κ2) is 9.92. The number of hydrogen-bond donors (Lipinski definition) is 0. The highest BCUT2D eigenvalue weighted by molar-refractivity contribution is 6.24. The van der Waals surface area contributed by atoms with Crippen LogP contribution in [0.2, 0.25) is 0 Å². The van der Waals surface area contributed by atoms with Gasteiger partial charge in [0.1, 0.15) is 5.69 Å². The Labute approximate surface area is 254 Å². The maximum Gasteiger partial charge on any atom is 0.182 e. The second-order valence-electron chi connectivity index (χ2n) is 11.3. The van der Waals surface area contributed by atoms with Crippen molar-refractivity contribution in [3.05, 3.63) is 139 Å². The van der Waals surface area contributed by atoms with Crippen LogP contribution in [0.5, 0.6) is 0 Å². The zero-order valence-electron chi connectivity index (χ0n) is 23.9. The average Bonchev–Trinajstić information content (AvgIpc) is 3.11. The van der Waals surface area contributed by atoms with E-state index in [4.69, 9.17) is 19.9 Å². The van der Waals surface area contributed by atoms with Crippen LogP contribution in [0.15, 0.2) is 133 Å². The van der Waals surface area contributed by atoms with Gasteiger partial charge in [-0.05, 0) is 56.6 Å². The summed E-state index contributed by atoms with van der Waals surface area (Å²) in [6.07, 6.45) is 8.50. The molecule has 6 aromatic carbocycles. The Bertz CT molecular complexity index is 2490. The maximum absolute atomic E-state index is 5.21. The molecule has 8 aromatic rings. The van der Waals surface area contributed by atoms with Crippen molar-refractivity contribution in [3.8, 4) is 22.9 Å². The molecule has 0 aliphatic heterocycles. The van der Waals surface area contributed by atoms with Gasteiger partial charge in [-0.25, -0.2) is 19.9 Å². The van der Waals surface area contributed by atoms with Gasteiger partial charge in [0.25, 0.3) is 0 Å². The van der Waals surface area contributed by atoms with E-state index in [2.05, 4.69) is 97.1 Å². The molecule has 2 aromatic heterocycles. The number of hydrogen-bond acceptors (Lipinski definition) is 4. The fourth-order valence-corrected chi connectivity index (χ4v) is 6.55. The summed E-state index contributed by atoms with van der Waals surface area (Å²) < 4.78 is 0. The van der Waals surface area contributed by atoms with Crippen molar-refractivity contribution in [2.24, 2.45) is 0 Å². The lowest BCUT2D eigenvalue weighted by atomic mass is 9.93. The minimum Gasteiger partial charge on any atom is -0.244 e. The first-order valence-electron chi connectivity index (χ1n) is 15.1. The van der Waals surface area contributed by atoms with Gasteiger partial charge in [0.05, 0.1) is 5.52 Å². The quantitative estimate of drug-likeness (QED) is 0.201. The van der Waals surface area contributed by atoms with Crippen molar-refractivity contribution >= 4 is 59.6 Å². The molecule has 0 amide bonds. The van der Waals surface area contributed by atoms with Crippen molar-refractivity contribution in [1.29, 1.82) is 0 Å². The van der Waals surface area contributed by atoms with Gasteiger partial charge in [0.2, 0.25) is 0 Å². The molecule has 0 spiro atoms. The highest BCUT2D eigenvalue weighted by atomic mass is 15.0. The first kappa shape index (κ1) is 24.8. The van der Waals surface area contributed by atoms with Gasteiger partial charge in [-0.3, -0.25) is 0 Å².